The van der Waals surface area contributed by atoms with Gasteiger partial charge in [-0.3, -0.25) is 9.69 Å². The minimum absolute atomic E-state index is 0.0636. The average molecular weight is 520 g/mol. The molecule has 6 nitrogen and oxygen atoms in total. The molecule has 0 spiro atoms. The van der Waals surface area contributed by atoms with E-state index >= 15 is 0 Å². The number of methoxy groups -OCH3 is 2. The number of thiazole rings is 1. The van der Waals surface area contributed by atoms with Crippen molar-refractivity contribution in [3.8, 4) is 22.1 Å². The number of amides is 1. The van der Waals surface area contributed by atoms with E-state index in [0.717, 1.165) is 30.8 Å². The van der Waals surface area contributed by atoms with Crippen molar-refractivity contribution in [2.45, 2.75) is 38.5 Å². The van der Waals surface area contributed by atoms with Crippen molar-refractivity contribution in [2.24, 2.45) is 0 Å². The van der Waals surface area contributed by atoms with E-state index in [1.165, 1.54) is 33.1 Å². The topological polar surface area (TPSA) is 63.7 Å². The summed E-state index contributed by atoms with van der Waals surface area (Å²) < 4.78 is 51.9. The van der Waals surface area contributed by atoms with Crippen LogP contribution in [-0.4, -0.2) is 43.1 Å². The lowest BCUT2D eigenvalue weighted by atomic mass is 10.0. The first-order valence-electron chi connectivity index (χ1n) is 11.6. The molecule has 2 aromatic carbocycles. The van der Waals surface area contributed by atoms with Gasteiger partial charge in [-0.15, -0.1) is 11.3 Å². The van der Waals surface area contributed by atoms with Crippen LogP contribution >= 0.6 is 11.3 Å². The van der Waals surface area contributed by atoms with Gasteiger partial charge in [-0.25, -0.2) is 4.98 Å². The second kappa shape index (κ2) is 10.9. The number of benzene rings is 2. The zero-order valence-electron chi connectivity index (χ0n) is 20.3. The van der Waals surface area contributed by atoms with Crippen LogP contribution in [0.1, 0.15) is 52.3 Å². The summed E-state index contributed by atoms with van der Waals surface area (Å²) in [5.74, 6) is -0.0243. The van der Waals surface area contributed by atoms with Gasteiger partial charge in [0.05, 0.1) is 20.3 Å². The number of hydrogen-bond donors (Lipinski definition) is 1. The predicted octanol–water partition coefficient (Wildman–Crippen LogP) is 5.93. The molecule has 1 unspecified atom stereocenters. The summed E-state index contributed by atoms with van der Waals surface area (Å²) in [5.41, 5.74) is 1.13. The molecule has 0 bridgehead atoms. The molecule has 1 amide bonds. The van der Waals surface area contributed by atoms with Gasteiger partial charge in [-0.05, 0) is 62.2 Å². The Balaban J connectivity index is 1.57. The first-order valence-corrected chi connectivity index (χ1v) is 12.4. The number of nitrogens with zero attached hydrogens (tertiary/aromatic N) is 2. The fourth-order valence-electron chi connectivity index (χ4n) is 4.26. The Labute approximate surface area is 212 Å². The molecule has 2 heterocycles. The van der Waals surface area contributed by atoms with Crippen LogP contribution in [0.25, 0.3) is 10.6 Å². The first kappa shape index (κ1) is 26.0. The lowest BCUT2D eigenvalue weighted by Gasteiger charge is -2.18. The zero-order valence-corrected chi connectivity index (χ0v) is 21.1. The third-order valence-corrected chi connectivity index (χ3v) is 7.24. The summed E-state index contributed by atoms with van der Waals surface area (Å²) in [4.78, 5) is 18.7. The van der Waals surface area contributed by atoms with Crippen molar-refractivity contribution in [1.82, 2.24) is 15.2 Å². The first-order chi connectivity index (χ1) is 17.2. The molecule has 1 aliphatic heterocycles. The molecule has 1 aliphatic rings. The van der Waals surface area contributed by atoms with E-state index in [4.69, 9.17) is 9.47 Å². The van der Waals surface area contributed by atoms with Gasteiger partial charge in [0.25, 0.3) is 5.91 Å². The highest BCUT2D eigenvalue weighted by Crippen LogP contribution is 2.40. The number of alkyl halides is 3. The van der Waals surface area contributed by atoms with E-state index in [0.29, 0.717) is 28.4 Å². The number of likely N-dealkylation sites (tertiary alicyclic amines) is 1. The van der Waals surface area contributed by atoms with Gasteiger partial charge in [-0.1, -0.05) is 24.3 Å². The molecule has 192 valence electrons. The number of rotatable bonds is 8. The summed E-state index contributed by atoms with van der Waals surface area (Å²) in [6.07, 6.45) is -2.40. The van der Waals surface area contributed by atoms with Gasteiger partial charge in [0.15, 0.2) is 17.2 Å². The quantitative estimate of drug-likeness (QED) is 0.400. The molecule has 1 aromatic heterocycles. The van der Waals surface area contributed by atoms with Gasteiger partial charge in [0.1, 0.15) is 9.88 Å². The molecule has 1 saturated heterocycles. The molecule has 0 radical (unpaired) electrons. The maximum Gasteiger partial charge on any atom is 0.435 e. The van der Waals surface area contributed by atoms with Crippen LogP contribution in [0.5, 0.6) is 11.5 Å². The Hall–Kier alpha value is -3.11. The van der Waals surface area contributed by atoms with Crippen molar-refractivity contribution in [1.29, 1.82) is 0 Å². The molecule has 0 saturated carbocycles. The van der Waals surface area contributed by atoms with Crippen molar-refractivity contribution in [3.05, 3.63) is 64.2 Å². The molecule has 3 aromatic rings. The average Bonchev–Trinajstić information content (AvgIpc) is 3.54. The van der Waals surface area contributed by atoms with E-state index in [2.05, 4.69) is 15.2 Å². The van der Waals surface area contributed by atoms with E-state index in [1.54, 1.807) is 19.1 Å². The second-order valence-corrected chi connectivity index (χ2v) is 9.69. The van der Waals surface area contributed by atoms with E-state index in [1.807, 2.05) is 24.3 Å². The summed E-state index contributed by atoms with van der Waals surface area (Å²) in [5, 5.41) is 2.79. The Morgan fingerprint density at radius 2 is 1.83 bits per heavy atom. The van der Waals surface area contributed by atoms with Crippen LogP contribution in [0, 0.1) is 0 Å². The molecular formula is C26H28F3N3O3S. The summed E-state index contributed by atoms with van der Waals surface area (Å²) >= 11 is 0.696. The van der Waals surface area contributed by atoms with Gasteiger partial charge in [0, 0.05) is 12.1 Å². The number of carbonyl (C=O) groups is 1. The number of hydrogen-bond acceptors (Lipinski definition) is 6. The monoisotopic (exact) mass is 519 g/mol. The molecule has 10 heteroatoms. The van der Waals surface area contributed by atoms with Gasteiger partial charge in [-0.2, -0.15) is 13.2 Å². The normalized spacial score (nSPS) is 15.1. The van der Waals surface area contributed by atoms with Gasteiger partial charge in [0.2, 0.25) is 0 Å². The molecular weight excluding hydrogens is 491 g/mol. The summed E-state index contributed by atoms with van der Waals surface area (Å²) in [6, 6.07) is 12.0. The smallest absolute Gasteiger partial charge is 0.435 e. The molecule has 1 fully saturated rings. The highest BCUT2D eigenvalue weighted by atomic mass is 32.1. The molecule has 0 aliphatic carbocycles. The standard InChI is InChI=1S/C26H28F3N3O3S/c1-16(18-8-6-7-17(13-18)15-32-11-4-5-12-32)30-24(33)22-23(26(27,28)29)31-25(36-22)19-9-10-20(34-2)21(14-19)35-3/h6-10,13-14,16H,4-5,11-12,15H2,1-3H3,(H,30,33). The molecule has 36 heavy (non-hydrogen) atoms. The van der Waals surface area contributed by atoms with Crippen molar-refractivity contribution in [3.63, 3.8) is 0 Å². The van der Waals surface area contributed by atoms with Crippen molar-refractivity contribution < 1.29 is 27.4 Å². The Kier molecular flexibility index (Phi) is 7.85. The number of nitrogens with one attached hydrogen (secondary N) is 1. The third kappa shape index (κ3) is 5.82. The maximum atomic E-state index is 13.8. The summed E-state index contributed by atoms with van der Waals surface area (Å²) in [6.45, 7) is 4.70. The third-order valence-electron chi connectivity index (χ3n) is 6.14. The highest BCUT2D eigenvalue weighted by molar-refractivity contribution is 7.17. The lowest BCUT2D eigenvalue weighted by Crippen LogP contribution is -2.28. The molecule has 1 atom stereocenters. The van der Waals surface area contributed by atoms with Crippen molar-refractivity contribution in [2.75, 3.05) is 27.3 Å². The molecule has 4 rings (SSSR count). The summed E-state index contributed by atoms with van der Waals surface area (Å²) in [7, 11) is 2.90. The Bertz CT molecular complexity index is 1220. The lowest BCUT2D eigenvalue weighted by molar-refractivity contribution is -0.141. The van der Waals surface area contributed by atoms with Crippen LogP contribution in [0.3, 0.4) is 0 Å². The van der Waals surface area contributed by atoms with Crippen LogP contribution in [-0.2, 0) is 12.7 Å². The minimum atomic E-state index is -4.78. The second-order valence-electron chi connectivity index (χ2n) is 8.69. The number of carbonyl (C=O) groups excluding carboxylic acids is 1. The zero-order chi connectivity index (χ0) is 25.9. The minimum Gasteiger partial charge on any atom is -0.493 e. The van der Waals surface area contributed by atoms with E-state index in [9.17, 15) is 18.0 Å². The Morgan fingerprint density at radius 1 is 1.11 bits per heavy atom. The van der Waals surface area contributed by atoms with Crippen LogP contribution < -0.4 is 14.8 Å². The SMILES string of the molecule is COc1ccc(-c2nc(C(F)(F)F)c(C(=O)NC(C)c3cccc(CN4CCCC4)c3)s2)cc1OC. The van der Waals surface area contributed by atoms with Gasteiger partial charge < -0.3 is 14.8 Å². The largest absolute Gasteiger partial charge is 0.493 e. The fourth-order valence-corrected chi connectivity index (χ4v) is 5.25. The van der Waals surface area contributed by atoms with Crippen LogP contribution in [0.2, 0.25) is 0 Å². The predicted molar refractivity (Wildman–Crippen MR) is 132 cm³/mol. The van der Waals surface area contributed by atoms with Gasteiger partial charge >= 0.3 is 6.18 Å². The van der Waals surface area contributed by atoms with Crippen molar-refractivity contribution >= 4 is 17.2 Å². The number of aromatic nitrogens is 1. The van der Waals surface area contributed by atoms with E-state index in [-0.39, 0.29) is 5.01 Å². The highest BCUT2D eigenvalue weighted by Gasteiger charge is 2.40. The van der Waals surface area contributed by atoms with E-state index < -0.39 is 28.7 Å². The number of halogens is 3. The maximum absolute atomic E-state index is 13.8. The van der Waals surface area contributed by atoms with Crippen LogP contribution in [0.15, 0.2) is 42.5 Å². The Morgan fingerprint density at radius 3 is 2.50 bits per heavy atom. The van der Waals surface area contributed by atoms with Crippen LogP contribution in [0.4, 0.5) is 13.2 Å². The fraction of sp³-hybridized carbons (Fsp3) is 0.385. The number of ether oxygens (including phenoxy) is 2. The molecule has 1 N–H and O–H groups in total.